The molecule has 1 aliphatic carbocycles. The van der Waals surface area contributed by atoms with E-state index in [1.54, 1.807) is 6.07 Å². The van der Waals surface area contributed by atoms with Gasteiger partial charge >= 0.3 is 11.6 Å². The Morgan fingerprint density at radius 3 is 2.53 bits per heavy atom. The van der Waals surface area contributed by atoms with E-state index >= 15 is 0 Å². The number of ether oxygens (including phenoxy) is 1. The van der Waals surface area contributed by atoms with Gasteiger partial charge in [0.05, 0.1) is 0 Å². The van der Waals surface area contributed by atoms with E-state index in [0.717, 1.165) is 27.1 Å². The molecule has 1 saturated carbocycles. The summed E-state index contributed by atoms with van der Waals surface area (Å²) in [7, 11) is 0. The van der Waals surface area contributed by atoms with Crippen molar-refractivity contribution in [3.63, 3.8) is 0 Å². The molecule has 6 heteroatoms. The number of furan rings is 1. The molecule has 0 saturated heterocycles. The summed E-state index contributed by atoms with van der Waals surface area (Å²) in [6.45, 7) is -0.0544. The number of thioether (sulfide) groups is 1. The molecule has 5 nitrogen and oxygen atoms in total. The number of esters is 1. The lowest BCUT2D eigenvalue weighted by atomic mass is 10.0. The summed E-state index contributed by atoms with van der Waals surface area (Å²) in [5.41, 5.74) is 2.17. The fourth-order valence-corrected chi connectivity index (χ4v) is 6.54. The average molecular weight is 499 g/mol. The third-order valence-electron chi connectivity index (χ3n) is 6.97. The van der Waals surface area contributed by atoms with Gasteiger partial charge in [-0.25, -0.2) is 9.59 Å². The van der Waals surface area contributed by atoms with Crippen LogP contribution in [0.2, 0.25) is 0 Å². The van der Waals surface area contributed by atoms with Gasteiger partial charge in [0, 0.05) is 39.0 Å². The number of carbonyl (C=O) groups excluding carboxylic acids is 1. The van der Waals surface area contributed by atoms with Crippen LogP contribution in [0, 0.1) is 0 Å². The van der Waals surface area contributed by atoms with Gasteiger partial charge in [0.25, 0.3) is 0 Å². The molecule has 0 unspecified atom stereocenters. The molecule has 6 rings (SSSR count). The Kier molecular flexibility index (Phi) is 6.28. The first-order valence-corrected chi connectivity index (χ1v) is 13.5. The molecule has 0 N–H and O–H groups in total. The molecule has 36 heavy (non-hydrogen) atoms. The number of hydrogen-bond acceptors (Lipinski definition) is 6. The van der Waals surface area contributed by atoms with Crippen LogP contribution in [0.3, 0.4) is 0 Å². The minimum atomic E-state index is -0.521. The maximum Gasteiger partial charge on any atom is 0.374 e. The molecule has 0 spiro atoms. The molecule has 182 valence electrons. The average Bonchev–Trinajstić information content (AvgIpc) is 3.29. The normalized spacial score (nSPS) is 14.6. The van der Waals surface area contributed by atoms with E-state index in [2.05, 4.69) is 0 Å². The van der Waals surface area contributed by atoms with Crippen molar-refractivity contribution in [2.45, 2.75) is 49.7 Å². The van der Waals surface area contributed by atoms with Gasteiger partial charge in [0.1, 0.15) is 17.8 Å². The van der Waals surface area contributed by atoms with E-state index in [4.69, 9.17) is 13.6 Å². The maximum atomic E-state index is 13.3. The van der Waals surface area contributed by atoms with Crippen LogP contribution in [0.1, 0.15) is 53.8 Å². The van der Waals surface area contributed by atoms with Crippen molar-refractivity contribution in [2.75, 3.05) is 0 Å². The van der Waals surface area contributed by atoms with Crippen molar-refractivity contribution in [3.05, 3.63) is 94.0 Å². The van der Waals surface area contributed by atoms with Crippen molar-refractivity contribution in [3.8, 4) is 0 Å². The second-order valence-corrected chi connectivity index (χ2v) is 10.6. The summed E-state index contributed by atoms with van der Waals surface area (Å²) >= 11 is 1.90. The molecule has 0 aliphatic heterocycles. The Morgan fingerprint density at radius 1 is 0.889 bits per heavy atom. The van der Waals surface area contributed by atoms with Crippen LogP contribution < -0.4 is 5.63 Å². The second-order valence-electron chi connectivity index (χ2n) is 9.30. The largest absolute Gasteiger partial charge is 0.455 e. The maximum absolute atomic E-state index is 13.3. The lowest BCUT2D eigenvalue weighted by Crippen LogP contribution is -2.10. The molecule has 0 radical (unpaired) electrons. The predicted octanol–water partition coefficient (Wildman–Crippen LogP) is 7.62. The van der Waals surface area contributed by atoms with Crippen molar-refractivity contribution in [2.24, 2.45) is 0 Å². The van der Waals surface area contributed by atoms with E-state index in [-0.39, 0.29) is 12.4 Å². The fourth-order valence-electron chi connectivity index (χ4n) is 5.18. The first-order chi connectivity index (χ1) is 17.7. The minimum Gasteiger partial charge on any atom is -0.455 e. The molecule has 3 aromatic carbocycles. The van der Waals surface area contributed by atoms with Crippen LogP contribution in [-0.4, -0.2) is 11.2 Å². The van der Waals surface area contributed by atoms with Gasteiger partial charge in [-0.05, 0) is 35.7 Å². The molecule has 0 bridgehead atoms. The number of hydrogen-bond donors (Lipinski definition) is 0. The number of rotatable bonds is 6. The topological polar surface area (TPSA) is 69.7 Å². The summed E-state index contributed by atoms with van der Waals surface area (Å²) in [5, 5.41) is 4.30. The van der Waals surface area contributed by atoms with Gasteiger partial charge in [0.2, 0.25) is 5.76 Å². The SMILES string of the molecule is O=C(OCc1cc(=O)oc2ccc3ccccc3c12)c1oc2ccccc2c1CSC1CCCCC1. The van der Waals surface area contributed by atoms with Gasteiger partial charge < -0.3 is 13.6 Å². The zero-order valence-corrected chi connectivity index (χ0v) is 20.6. The van der Waals surface area contributed by atoms with Crippen molar-refractivity contribution < 1.29 is 18.4 Å². The van der Waals surface area contributed by atoms with Crippen LogP contribution in [0.25, 0.3) is 32.7 Å². The summed E-state index contributed by atoms with van der Waals surface area (Å²) < 4.78 is 17.2. The molecular weight excluding hydrogens is 472 g/mol. The first-order valence-electron chi connectivity index (χ1n) is 12.4. The van der Waals surface area contributed by atoms with Crippen LogP contribution >= 0.6 is 11.8 Å². The highest BCUT2D eigenvalue weighted by Gasteiger charge is 2.24. The van der Waals surface area contributed by atoms with Crippen molar-refractivity contribution in [1.82, 2.24) is 0 Å². The number of benzene rings is 3. The van der Waals surface area contributed by atoms with Crippen molar-refractivity contribution >= 4 is 50.4 Å². The Bertz CT molecular complexity index is 1620. The standard InChI is InChI=1S/C30H26O5S/c31-27-16-20(28-22-11-5-4-8-19(22)14-15-26(28)34-27)17-33-30(32)29-24(18-36-21-9-2-1-3-10-21)23-12-6-7-13-25(23)35-29/h4-8,11-16,21H,1-3,9-10,17-18H2. The van der Waals surface area contributed by atoms with E-state index in [0.29, 0.717) is 27.7 Å². The highest BCUT2D eigenvalue weighted by molar-refractivity contribution is 7.99. The lowest BCUT2D eigenvalue weighted by molar-refractivity contribution is 0.0438. The molecular formula is C30H26O5S. The number of carbonyl (C=O) groups is 1. The number of para-hydroxylation sites is 1. The fraction of sp³-hybridized carbons (Fsp3) is 0.267. The Balaban J connectivity index is 1.31. The molecule has 0 amide bonds. The smallest absolute Gasteiger partial charge is 0.374 e. The highest BCUT2D eigenvalue weighted by Crippen LogP contribution is 2.35. The van der Waals surface area contributed by atoms with Gasteiger partial charge in [0.15, 0.2) is 0 Å². The molecule has 1 aliphatic rings. The van der Waals surface area contributed by atoms with Gasteiger partial charge in [-0.15, -0.1) is 0 Å². The van der Waals surface area contributed by atoms with Crippen LogP contribution in [0.4, 0.5) is 0 Å². The van der Waals surface area contributed by atoms with Gasteiger partial charge in [-0.2, -0.15) is 11.8 Å². The van der Waals surface area contributed by atoms with E-state index in [9.17, 15) is 9.59 Å². The summed E-state index contributed by atoms with van der Waals surface area (Å²) in [4.78, 5) is 25.6. The molecule has 5 aromatic rings. The quantitative estimate of drug-likeness (QED) is 0.136. The molecule has 0 atom stereocenters. The summed E-state index contributed by atoms with van der Waals surface area (Å²) in [5.74, 6) is 0.429. The molecule has 2 aromatic heterocycles. The van der Waals surface area contributed by atoms with Crippen LogP contribution in [0.15, 0.2) is 80.4 Å². The summed E-state index contributed by atoms with van der Waals surface area (Å²) in [6.07, 6.45) is 6.29. The third kappa shape index (κ3) is 4.42. The minimum absolute atomic E-state index is 0.0544. The van der Waals surface area contributed by atoms with Crippen LogP contribution in [-0.2, 0) is 17.1 Å². The first kappa shape index (κ1) is 22.9. The van der Waals surface area contributed by atoms with Gasteiger partial charge in [-0.3, -0.25) is 0 Å². The highest BCUT2D eigenvalue weighted by atomic mass is 32.2. The van der Waals surface area contributed by atoms with Crippen molar-refractivity contribution in [1.29, 1.82) is 0 Å². The van der Waals surface area contributed by atoms with E-state index in [1.165, 1.54) is 38.2 Å². The predicted molar refractivity (Wildman–Crippen MR) is 143 cm³/mol. The van der Waals surface area contributed by atoms with E-state index < -0.39 is 11.6 Å². The Hall–Kier alpha value is -3.51. The molecule has 1 fully saturated rings. The molecule has 2 heterocycles. The van der Waals surface area contributed by atoms with E-state index in [1.807, 2.05) is 66.4 Å². The van der Waals surface area contributed by atoms with Gasteiger partial charge in [-0.1, -0.05) is 67.8 Å². The zero-order chi connectivity index (χ0) is 24.5. The Labute approximate surface area is 212 Å². The zero-order valence-electron chi connectivity index (χ0n) is 19.8. The Morgan fingerprint density at radius 2 is 1.67 bits per heavy atom. The monoisotopic (exact) mass is 498 g/mol. The number of fused-ring (bicyclic) bond motifs is 4. The lowest BCUT2D eigenvalue weighted by Gasteiger charge is -2.20. The second kappa shape index (κ2) is 9.86. The van der Waals surface area contributed by atoms with Crippen LogP contribution in [0.5, 0.6) is 0 Å². The summed E-state index contributed by atoms with van der Waals surface area (Å²) in [6, 6.07) is 20.7. The third-order valence-corrected chi connectivity index (χ3v) is 8.37.